The molecule has 1 atom stereocenters. The molecule has 0 amide bonds. The van der Waals surface area contributed by atoms with Gasteiger partial charge >= 0.3 is 0 Å². The van der Waals surface area contributed by atoms with Crippen molar-refractivity contribution < 1.29 is 14.0 Å². The molecular formula is C14H21N3O3. The number of rotatable bonds is 6. The number of ether oxygens (including phenoxy) is 2. The molecule has 2 aliphatic heterocycles. The summed E-state index contributed by atoms with van der Waals surface area (Å²) in [6.07, 6.45) is 7.53. The van der Waals surface area contributed by atoms with E-state index in [2.05, 4.69) is 21.1 Å². The third-order valence-corrected chi connectivity index (χ3v) is 3.68. The van der Waals surface area contributed by atoms with Gasteiger partial charge in [-0.2, -0.15) is 4.98 Å². The van der Waals surface area contributed by atoms with Gasteiger partial charge in [-0.3, -0.25) is 4.90 Å². The number of aryl methyl sites for hydroxylation is 1. The standard InChI is InChI=1S/C14H21N3O3/c1-2-13-15-14(20-16-13)10-19-12-8-17(9-12)7-11-5-3-4-6-18-11/h4,6,11-12H,2-3,5,7-10H2,1H3. The largest absolute Gasteiger partial charge is 0.497 e. The number of allylic oxidation sites excluding steroid dienone is 1. The van der Waals surface area contributed by atoms with Crippen molar-refractivity contribution in [2.75, 3.05) is 19.6 Å². The number of hydrogen-bond acceptors (Lipinski definition) is 6. The Hall–Kier alpha value is -1.40. The second kappa shape index (κ2) is 6.37. The molecule has 3 rings (SSSR count). The lowest BCUT2D eigenvalue weighted by atomic mass is 10.1. The zero-order valence-electron chi connectivity index (χ0n) is 11.8. The first-order valence-electron chi connectivity index (χ1n) is 7.29. The Balaban J connectivity index is 1.33. The van der Waals surface area contributed by atoms with E-state index in [-0.39, 0.29) is 6.10 Å². The summed E-state index contributed by atoms with van der Waals surface area (Å²) in [6, 6.07) is 0. The molecule has 0 radical (unpaired) electrons. The Labute approximate surface area is 118 Å². The minimum absolute atomic E-state index is 0.270. The third kappa shape index (κ3) is 3.37. The second-order valence-corrected chi connectivity index (χ2v) is 5.32. The third-order valence-electron chi connectivity index (χ3n) is 3.68. The maximum absolute atomic E-state index is 5.75. The zero-order valence-corrected chi connectivity index (χ0v) is 11.8. The summed E-state index contributed by atoms with van der Waals surface area (Å²) in [4.78, 5) is 6.59. The Kier molecular flexibility index (Phi) is 4.32. The number of nitrogens with zero attached hydrogens (tertiary/aromatic N) is 3. The average molecular weight is 279 g/mol. The maximum atomic E-state index is 5.75. The van der Waals surface area contributed by atoms with E-state index in [4.69, 9.17) is 14.0 Å². The van der Waals surface area contributed by atoms with Crippen LogP contribution < -0.4 is 0 Å². The molecule has 0 aliphatic carbocycles. The van der Waals surface area contributed by atoms with Gasteiger partial charge in [-0.25, -0.2) is 0 Å². The predicted molar refractivity (Wildman–Crippen MR) is 71.9 cm³/mol. The summed E-state index contributed by atoms with van der Waals surface area (Å²) in [5.74, 6) is 1.31. The van der Waals surface area contributed by atoms with E-state index in [1.54, 1.807) is 0 Å². The highest BCUT2D eigenvalue weighted by Gasteiger charge is 2.30. The molecule has 6 nitrogen and oxygen atoms in total. The van der Waals surface area contributed by atoms with Crippen LogP contribution in [0.15, 0.2) is 16.9 Å². The summed E-state index contributed by atoms with van der Waals surface area (Å²) in [7, 11) is 0. The Morgan fingerprint density at radius 2 is 2.35 bits per heavy atom. The van der Waals surface area contributed by atoms with Gasteiger partial charge in [0.2, 0.25) is 0 Å². The van der Waals surface area contributed by atoms with Crippen LogP contribution in [0.25, 0.3) is 0 Å². The van der Waals surface area contributed by atoms with Crippen LogP contribution >= 0.6 is 0 Å². The van der Waals surface area contributed by atoms with Crippen molar-refractivity contribution in [3.8, 4) is 0 Å². The lowest BCUT2D eigenvalue weighted by Crippen LogP contribution is -2.54. The highest BCUT2D eigenvalue weighted by Crippen LogP contribution is 2.18. The van der Waals surface area contributed by atoms with Crippen LogP contribution in [0.3, 0.4) is 0 Å². The van der Waals surface area contributed by atoms with Gasteiger partial charge in [-0.1, -0.05) is 12.1 Å². The molecule has 0 bridgehead atoms. The smallest absolute Gasteiger partial charge is 0.252 e. The predicted octanol–water partition coefficient (Wildman–Crippen LogP) is 1.53. The molecule has 1 unspecified atom stereocenters. The van der Waals surface area contributed by atoms with E-state index in [9.17, 15) is 0 Å². The molecule has 0 N–H and O–H groups in total. The van der Waals surface area contributed by atoms with Gasteiger partial charge in [0, 0.05) is 26.1 Å². The maximum Gasteiger partial charge on any atom is 0.252 e. The van der Waals surface area contributed by atoms with E-state index in [0.29, 0.717) is 18.6 Å². The molecule has 110 valence electrons. The van der Waals surface area contributed by atoms with Crippen molar-refractivity contribution in [3.63, 3.8) is 0 Å². The molecule has 20 heavy (non-hydrogen) atoms. The molecular weight excluding hydrogens is 258 g/mol. The van der Waals surface area contributed by atoms with Crippen molar-refractivity contribution in [2.45, 2.75) is 45.0 Å². The van der Waals surface area contributed by atoms with E-state index >= 15 is 0 Å². The van der Waals surface area contributed by atoms with Gasteiger partial charge in [-0.05, 0) is 18.9 Å². The van der Waals surface area contributed by atoms with Crippen molar-refractivity contribution in [2.24, 2.45) is 0 Å². The molecule has 2 aliphatic rings. The second-order valence-electron chi connectivity index (χ2n) is 5.32. The van der Waals surface area contributed by atoms with Crippen LogP contribution in [-0.2, 0) is 22.5 Å². The summed E-state index contributed by atoms with van der Waals surface area (Å²) >= 11 is 0. The van der Waals surface area contributed by atoms with Crippen LogP contribution in [0.1, 0.15) is 31.5 Å². The SMILES string of the molecule is CCc1noc(COC2CN(CC3CCC=CO3)C2)n1. The van der Waals surface area contributed by atoms with Crippen molar-refractivity contribution in [1.29, 1.82) is 0 Å². The quantitative estimate of drug-likeness (QED) is 0.787. The zero-order chi connectivity index (χ0) is 13.8. The molecule has 1 saturated heterocycles. The molecule has 0 spiro atoms. The van der Waals surface area contributed by atoms with Gasteiger partial charge in [0.1, 0.15) is 12.7 Å². The summed E-state index contributed by atoms with van der Waals surface area (Å²) in [5, 5.41) is 3.85. The minimum Gasteiger partial charge on any atom is -0.497 e. The summed E-state index contributed by atoms with van der Waals surface area (Å²) < 4.78 is 16.4. The first-order valence-corrected chi connectivity index (χ1v) is 7.29. The molecule has 6 heteroatoms. The molecule has 0 saturated carbocycles. The molecule has 3 heterocycles. The highest BCUT2D eigenvalue weighted by molar-refractivity contribution is 4.89. The van der Waals surface area contributed by atoms with Crippen LogP contribution in [0, 0.1) is 0 Å². The van der Waals surface area contributed by atoms with Crippen molar-refractivity contribution >= 4 is 0 Å². The van der Waals surface area contributed by atoms with E-state index in [1.165, 1.54) is 0 Å². The van der Waals surface area contributed by atoms with Crippen LogP contribution in [-0.4, -0.2) is 46.9 Å². The number of hydrogen-bond donors (Lipinski definition) is 0. The van der Waals surface area contributed by atoms with Gasteiger partial charge in [-0.15, -0.1) is 0 Å². The van der Waals surface area contributed by atoms with Gasteiger partial charge in [0.05, 0.1) is 12.4 Å². The van der Waals surface area contributed by atoms with E-state index in [0.717, 1.165) is 44.7 Å². The Morgan fingerprint density at radius 1 is 1.45 bits per heavy atom. The minimum atomic E-state index is 0.270. The van der Waals surface area contributed by atoms with Crippen molar-refractivity contribution in [3.05, 3.63) is 24.1 Å². The average Bonchev–Trinajstić information content (AvgIpc) is 2.90. The topological polar surface area (TPSA) is 60.6 Å². The van der Waals surface area contributed by atoms with E-state index < -0.39 is 0 Å². The highest BCUT2D eigenvalue weighted by atomic mass is 16.5. The summed E-state index contributed by atoms with van der Waals surface area (Å²) in [5.41, 5.74) is 0. The Morgan fingerprint density at radius 3 is 3.05 bits per heavy atom. The fourth-order valence-electron chi connectivity index (χ4n) is 2.47. The Bertz CT molecular complexity index is 454. The fraction of sp³-hybridized carbons (Fsp3) is 0.714. The summed E-state index contributed by atoms with van der Waals surface area (Å²) in [6.45, 7) is 5.32. The molecule has 1 aromatic heterocycles. The first kappa shape index (κ1) is 13.6. The van der Waals surface area contributed by atoms with E-state index in [1.807, 2.05) is 13.2 Å². The molecule has 1 fully saturated rings. The van der Waals surface area contributed by atoms with Crippen LogP contribution in [0.2, 0.25) is 0 Å². The number of likely N-dealkylation sites (tertiary alicyclic amines) is 1. The van der Waals surface area contributed by atoms with Gasteiger partial charge < -0.3 is 14.0 Å². The van der Waals surface area contributed by atoms with Gasteiger partial charge in [0.15, 0.2) is 5.82 Å². The van der Waals surface area contributed by atoms with Gasteiger partial charge in [0.25, 0.3) is 5.89 Å². The van der Waals surface area contributed by atoms with Crippen LogP contribution in [0.4, 0.5) is 0 Å². The lowest BCUT2D eigenvalue weighted by molar-refractivity contribution is -0.0816. The molecule has 1 aromatic rings. The monoisotopic (exact) mass is 279 g/mol. The van der Waals surface area contributed by atoms with Crippen molar-refractivity contribution in [1.82, 2.24) is 15.0 Å². The lowest BCUT2D eigenvalue weighted by Gasteiger charge is -2.40. The fourth-order valence-corrected chi connectivity index (χ4v) is 2.47. The normalized spacial score (nSPS) is 23.6. The number of aromatic nitrogens is 2. The molecule has 0 aromatic carbocycles. The first-order chi connectivity index (χ1) is 9.83. The van der Waals surface area contributed by atoms with Crippen LogP contribution in [0.5, 0.6) is 0 Å².